The van der Waals surface area contributed by atoms with Crippen LogP contribution in [-0.4, -0.2) is 33.9 Å². The number of carbonyl (C=O) groups is 1. The second-order valence-corrected chi connectivity index (χ2v) is 7.14. The van der Waals surface area contributed by atoms with Gasteiger partial charge in [0, 0.05) is 30.3 Å². The maximum Gasteiger partial charge on any atom is 0.272 e. The van der Waals surface area contributed by atoms with Gasteiger partial charge in [-0.25, -0.2) is 0 Å². The summed E-state index contributed by atoms with van der Waals surface area (Å²) in [4.78, 5) is 12.2. The Morgan fingerprint density at radius 3 is 2.70 bits per heavy atom. The van der Waals surface area contributed by atoms with E-state index in [-0.39, 0.29) is 17.6 Å². The standard InChI is InChI=1S/C15H23N3O2/c1-10-7-18(4)17-12(10)13(19)16-11-5-15(6-11)8-14(2,3)20-9-15/h7,11H,5-6,8-9H2,1-4H3,(H,16,19). The van der Waals surface area contributed by atoms with Gasteiger partial charge in [-0.3, -0.25) is 9.48 Å². The molecule has 110 valence electrons. The Morgan fingerprint density at radius 1 is 1.50 bits per heavy atom. The highest BCUT2D eigenvalue weighted by Crippen LogP contribution is 2.52. The maximum absolute atomic E-state index is 12.2. The average Bonchev–Trinajstić information content (AvgIpc) is 2.78. The Morgan fingerprint density at radius 2 is 2.20 bits per heavy atom. The van der Waals surface area contributed by atoms with Gasteiger partial charge >= 0.3 is 0 Å². The first-order valence-corrected chi connectivity index (χ1v) is 7.24. The Balaban J connectivity index is 1.57. The van der Waals surface area contributed by atoms with E-state index in [1.165, 1.54) is 0 Å². The number of hydrogen-bond donors (Lipinski definition) is 1. The van der Waals surface area contributed by atoms with E-state index in [0.717, 1.165) is 31.4 Å². The van der Waals surface area contributed by atoms with Crippen molar-refractivity contribution in [1.29, 1.82) is 0 Å². The van der Waals surface area contributed by atoms with Gasteiger partial charge in [0.1, 0.15) is 0 Å². The van der Waals surface area contributed by atoms with Gasteiger partial charge in [0.25, 0.3) is 5.91 Å². The molecule has 5 nitrogen and oxygen atoms in total. The monoisotopic (exact) mass is 277 g/mol. The first-order chi connectivity index (χ1) is 9.29. The number of amides is 1. The largest absolute Gasteiger partial charge is 0.375 e. The first-order valence-electron chi connectivity index (χ1n) is 7.24. The van der Waals surface area contributed by atoms with Gasteiger partial charge in [-0.1, -0.05) is 0 Å². The van der Waals surface area contributed by atoms with Crippen LogP contribution >= 0.6 is 0 Å². The van der Waals surface area contributed by atoms with Crippen LogP contribution in [0.3, 0.4) is 0 Å². The number of rotatable bonds is 2. The third kappa shape index (κ3) is 2.35. The quantitative estimate of drug-likeness (QED) is 0.897. The van der Waals surface area contributed by atoms with Crippen molar-refractivity contribution in [3.05, 3.63) is 17.5 Å². The van der Waals surface area contributed by atoms with Crippen LogP contribution in [0.4, 0.5) is 0 Å². The van der Waals surface area contributed by atoms with Gasteiger partial charge in [-0.05, 0) is 40.0 Å². The summed E-state index contributed by atoms with van der Waals surface area (Å²) >= 11 is 0. The van der Waals surface area contributed by atoms with Crippen molar-refractivity contribution in [2.75, 3.05) is 6.61 Å². The molecule has 1 aliphatic carbocycles. The van der Waals surface area contributed by atoms with Crippen molar-refractivity contribution in [1.82, 2.24) is 15.1 Å². The van der Waals surface area contributed by atoms with Crippen LogP contribution in [0, 0.1) is 12.3 Å². The minimum atomic E-state index is -0.0545. The molecule has 1 aliphatic heterocycles. The second kappa shape index (κ2) is 4.32. The summed E-state index contributed by atoms with van der Waals surface area (Å²) in [5.41, 5.74) is 1.74. The topological polar surface area (TPSA) is 56.2 Å². The molecule has 2 heterocycles. The van der Waals surface area contributed by atoms with E-state index in [0.29, 0.717) is 11.1 Å². The highest BCUT2D eigenvalue weighted by atomic mass is 16.5. The number of carbonyl (C=O) groups excluding carboxylic acids is 1. The summed E-state index contributed by atoms with van der Waals surface area (Å²) < 4.78 is 7.51. The van der Waals surface area contributed by atoms with Gasteiger partial charge in [-0.15, -0.1) is 0 Å². The molecule has 5 heteroatoms. The van der Waals surface area contributed by atoms with Gasteiger partial charge in [0.05, 0.1) is 12.2 Å². The zero-order valence-electron chi connectivity index (χ0n) is 12.7. The van der Waals surface area contributed by atoms with E-state index in [1.54, 1.807) is 4.68 Å². The lowest BCUT2D eigenvalue weighted by molar-refractivity contribution is 0.0177. The average molecular weight is 277 g/mol. The van der Waals surface area contributed by atoms with Crippen LogP contribution in [0.25, 0.3) is 0 Å². The van der Waals surface area contributed by atoms with Gasteiger partial charge in [0.2, 0.25) is 0 Å². The van der Waals surface area contributed by atoms with Gasteiger partial charge in [-0.2, -0.15) is 5.10 Å². The lowest BCUT2D eigenvalue weighted by Crippen LogP contribution is -2.51. The summed E-state index contributed by atoms with van der Waals surface area (Å²) in [6.07, 6.45) is 5.00. The van der Waals surface area contributed by atoms with Crippen LogP contribution in [0.1, 0.15) is 49.2 Å². The van der Waals surface area contributed by atoms with Crippen LogP contribution < -0.4 is 5.32 Å². The Bertz CT molecular complexity index is 541. The highest BCUT2D eigenvalue weighted by Gasteiger charge is 2.52. The van der Waals surface area contributed by atoms with Crippen molar-refractivity contribution in [2.24, 2.45) is 12.5 Å². The lowest BCUT2D eigenvalue weighted by Gasteiger charge is -2.44. The van der Waals surface area contributed by atoms with Crippen molar-refractivity contribution < 1.29 is 9.53 Å². The van der Waals surface area contributed by atoms with Crippen molar-refractivity contribution in [3.8, 4) is 0 Å². The molecule has 1 saturated heterocycles. The molecule has 3 rings (SSSR count). The van der Waals surface area contributed by atoms with E-state index < -0.39 is 0 Å². The van der Waals surface area contributed by atoms with E-state index >= 15 is 0 Å². The molecule has 1 N–H and O–H groups in total. The van der Waals surface area contributed by atoms with Crippen LogP contribution in [0.2, 0.25) is 0 Å². The van der Waals surface area contributed by atoms with Gasteiger partial charge < -0.3 is 10.1 Å². The number of ether oxygens (including phenoxy) is 1. The number of nitrogens with zero attached hydrogens (tertiary/aromatic N) is 2. The molecule has 1 spiro atoms. The second-order valence-electron chi connectivity index (χ2n) is 7.14. The summed E-state index contributed by atoms with van der Waals surface area (Å²) in [5.74, 6) is -0.0545. The Labute approximate surface area is 119 Å². The molecule has 0 aromatic carbocycles. The minimum Gasteiger partial charge on any atom is -0.375 e. The molecule has 2 fully saturated rings. The molecule has 1 aromatic heterocycles. The lowest BCUT2D eigenvalue weighted by atomic mass is 9.63. The molecule has 1 amide bonds. The van der Waals surface area contributed by atoms with Crippen LogP contribution in [0.5, 0.6) is 0 Å². The SMILES string of the molecule is Cc1cn(C)nc1C(=O)NC1CC2(COC(C)(C)C2)C1. The van der Waals surface area contributed by atoms with E-state index in [2.05, 4.69) is 24.3 Å². The fourth-order valence-electron chi connectivity index (χ4n) is 3.79. The van der Waals surface area contributed by atoms with E-state index in [1.807, 2.05) is 20.2 Å². The third-order valence-corrected chi connectivity index (χ3v) is 4.49. The summed E-state index contributed by atoms with van der Waals surface area (Å²) in [6.45, 7) is 7.03. The van der Waals surface area contributed by atoms with Crippen molar-refractivity contribution in [3.63, 3.8) is 0 Å². The Kier molecular flexibility index (Phi) is 2.94. The van der Waals surface area contributed by atoms with Crippen molar-refractivity contribution >= 4 is 5.91 Å². The molecule has 2 aliphatic rings. The summed E-state index contributed by atoms with van der Waals surface area (Å²) in [6, 6.07) is 0.265. The molecular weight excluding hydrogens is 254 g/mol. The third-order valence-electron chi connectivity index (χ3n) is 4.49. The van der Waals surface area contributed by atoms with Crippen LogP contribution in [-0.2, 0) is 11.8 Å². The number of hydrogen-bond acceptors (Lipinski definition) is 3. The zero-order valence-corrected chi connectivity index (χ0v) is 12.7. The number of nitrogens with one attached hydrogen (secondary N) is 1. The predicted molar refractivity (Wildman–Crippen MR) is 75.5 cm³/mol. The fraction of sp³-hybridized carbons (Fsp3) is 0.733. The zero-order chi connectivity index (χ0) is 14.5. The molecule has 1 aromatic rings. The van der Waals surface area contributed by atoms with Crippen molar-refractivity contribution in [2.45, 2.75) is 51.7 Å². The maximum atomic E-state index is 12.2. The number of aryl methyl sites for hydroxylation is 2. The number of aromatic nitrogens is 2. The minimum absolute atomic E-state index is 0.00739. The summed E-state index contributed by atoms with van der Waals surface area (Å²) in [5, 5.41) is 7.31. The molecular formula is C15H23N3O2. The Hall–Kier alpha value is -1.36. The molecule has 0 bridgehead atoms. The van der Waals surface area contributed by atoms with E-state index in [9.17, 15) is 4.79 Å². The normalized spacial score (nSPS) is 31.3. The molecule has 0 atom stereocenters. The smallest absolute Gasteiger partial charge is 0.272 e. The highest BCUT2D eigenvalue weighted by molar-refractivity contribution is 5.93. The fourth-order valence-corrected chi connectivity index (χ4v) is 3.79. The predicted octanol–water partition coefficient (Wildman–Crippen LogP) is 1.81. The van der Waals surface area contributed by atoms with Crippen LogP contribution in [0.15, 0.2) is 6.20 Å². The van der Waals surface area contributed by atoms with Gasteiger partial charge in [0.15, 0.2) is 5.69 Å². The first kappa shape index (κ1) is 13.6. The molecule has 0 radical (unpaired) electrons. The van der Waals surface area contributed by atoms with E-state index in [4.69, 9.17) is 4.74 Å². The molecule has 0 unspecified atom stereocenters. The molecule has 20 heavy (non-hydrogen) atoms. The molecule has 1 saturated carbocycles. The summed E-state index contributed by atoms with van der Waals surface area (Å²) in [7, 11) is 1.83.